The first kappa shape index (κ1) is 16.7. The average Bonchev–Trinajstić information content (AvgIpc) is 3.06. The molecule has 2 heteroatoms. The molecule has 3 aliphatic carbocycles. The average molecular weight is 328 g/mol. The fourth-order valence-electron chi connectivity index (χ4n) is 6.77. The molecule has 1 spiro atoms. The Morgan fingerprint density at radius 2 is 1.67 bits per heavy atom. The maximum absolute atomic E-state index is 6.26. The predicted octanol–water partition coefficient (Wildman–Crippen LogP) is 5.09. The standard InChI is InChI=1S/C22H32O2/c1-6-21-10-8-7-9-17(21)19(4)11-14-22(23-15-16-24-22)18(2,3)20(19,5)12-13-21/h1,9H,7-8,10-16H2,2-5H3. The molecule has 1 saturated heterocycles. The minimum atomic E-state index is -0.410. The van der Waals surface area contributed by atoms with Crippen LogP contribution in [0.3, 0.4) is 0 Å². The molecular formula is C22H32O2. The largest absolute Gasteiger partial charge is 0.347 e. The highest BCUT2D eigenvalue weighted by molar-refractivity contribution is 5.40. The molecule has 4 aliphatic rings. The highest BCUT2D eigenvalue weighted by Crippen LogP contribution is 2.74. The fourth-order valence-corrected chi connectivity index (χ4v) is 6.77. The van der Waals surface area contributed by atoms with Crippen molar-refractivity contribution in [1.82, 2.24) is 0 Å². The van der Waals surface area contributed by atoms with E-state index in [4.69, 9.17) is 15.9 Å². The first-order valence-electron chi connectivity index (χ1n) is 9.74. The SMILES string of the molecule is C#CC12CCCC=C1C1(C)CCC3(OCCO3)C(C)(C)C1(C)CC2. The van der Waals surface area contributed by atoms with Crippen LogP contribution in [0.4, 0.5) is 0 Å². The molecule has 3 unspecified atom stereocenters. The lowest BCUT2D eigenvalue weighted by atomic mass is 9.36. The van der Waals surface area contributed by atoms with Gasteiger partial charge in [-0.1, -0.05) is 39.7 Å². The Morgan fingerprint density at radius 1 is 0.958 bits per heavy atom. The smallest absolute Gasteiger partial charge is 0.174 e. The van der Waals surface area contributed by atoms with Crippen molar-refractivity contribution in [3.05, 3.63) is 11.6 Å². The molecule has 4 rings (SSSR count). The van der Waals surface area contributed by atoms with Gasteiger partial charge in [-0.25, -0.2) is 0 Å². The van der Waals surface area contributed by atoms with E-state index in [0.717, 1.165) is 38.9 Å². The second kappa shape index (κ2) is 4.89. The molecule has 0 bridgehead atoms. The number of ether oxygens (including phenoxy) is 2. The van der Waals surface area contributed by atoms with E-state index in [2.05, 4.69) is 39.7 Å². The lowest BCUT2D eigenvalue weighted by Crippen LogP contribution is -2.67. The Morgan fingerprint density at radius 3 is 2.33 bits per heavy atom. The van der Waals surface area contributed by atoms with Crippen LogP contribution < -0.4 is 0 Å². The monoisotopic (exact) mass is 328 g/mol. The third-order valence-corrected chi connectivity index (χ3v) is 8.85. The van der Waals surface area contributed by atoms with Gasteiger partial charge in [-0.15, -0.1) is 6.42 Å². The number of allylic oxidation sites excluding steroid dienone is 2. The van der Waals surface area contributed by atoms with E-state index in [-0.39, 0.29) is 21.7 Å². The summed E-state index contributed by atoms with van der Waals surface area (Å²) in [6, 6.07) is 0. The number of rotatable bonds is 0. The van der Waals surface area contributed by atoms with Gasteiger partial charge >= 0.3 is 0 Å². The van der Waals surface area contributed by atoms with Crippen molar-refractivity contribution < 1.29 is 9.47 Å². The molecule has 3 fully saturated rings. The van der Waals surface area contributed by atoms with Gasteiger partial charge in [-0.2, -0.15) is 0 Å². The van der Waals surface area contributed by atoms with Crippen molar-refractivity contribution in [2.24, 2.45) is 21.7 Å². The van der Waals surface area contributed by atoms with Gasteiger partial charge in [-0.05, 0) is 54.9 Å². The van der Waals surface area contributed by atoms with Gasteiger partial charge in [0.15, 0.2) is 5.79 Å². The van der Waals surface area contributed by atoms with E-state index in [1.165, 1.54) is 19.3 Å². The quantitative estimate of drug-likeness (QED) is 0.456. The van der Waals surface area contributed by atoms with Gasteiger partial charge < -0.3 is 9.47 Å². The summed E-state index contributed by atoms with van der Waals surface area (Å²) in [5.41, 5.74) is 1.81. The van der Waals surface area contributed by atoms with Crippen molar-refractivity contribution in [3.8, 4) is 12.3 Å². The zero-order chi connectivity index (χ0) is 17.3. The maximum atomic E-state index is 6.26. The molecule has 1 heterocycles. The fraction of sp³-hybridized carbons (Fsp3) is 0.818. The molecule has 0 radical (unpaired) electrons. The second-order valence-corrected chi connectivity index (χ2v) is 9.48. The summed E-state index contributed by atoms with van der Waals surface area (Å²) in [6.07, 6.45) is 16.6. The molecular weight excluding hydrogens is 296 g/mol. The van der Waals surface area contributed by atoms with E-state index < -0.39 is 5.79 Å². The summed E-state index contributed by atoms with van der Waals surface area (Å²) in [6.45, 7) is 11.2. The summed E-state index contributed by atoms with van der Waals surface area (Å²) in [5, 5.41) is 0. The lowest BCUT2D eigenvalue weighted by molar-refractivity contribution is -0.312. The molecule has 3 atom stereocenters. The highest BCUT2D eigenvalue weighted by Gasteiger charge is 2.71. The van der Waals surface area contributed by atoms with Crippen LogP contribution in [0, 0.1) is 34.0 Å². The Kier molecular flexibility index (Phi) is 3.40. The molecule has 0 aromatic heterocycles. The summed E-state index contributed by atoms with van der Waals surface area (Å²) >= 11 is 0. The van der Waals surface area contributed by atoms with E-state index in [1.807, 2.05) is 0 Å². The minimum Gasteiger partial charge on any atom is -0.347 e. The molecule has 2 saturated carbocycles. The molecule has 132 valence electrons. The highest BCUT2D eigenvalue weighted by atomic mass is 16.7. The number of hydrogen-bond donors (Lipinski definition) is 0. The van der Waals surface area contributed by atoms with Crippen LogP contribution in [0.2, 0.25) is 0 Å². The maximum Gasteiger partial charge on any atom is 0.174 e. The van der Waals surface area contributed by atoms with Crippen LogP contribution in [-0.2, 0) is 9.47 Å². The molecule has 2 nitrogen and oxygen atoms in total. The van der Waals surface area contributed by atoms with Crippen molar-refractivity contribution in [1.29, 1.82) is 0 Å². The Balaban J connectivity index is 1.85. The lowest BCUT2D eigenvalue weighted by Gasteiger charge is -2.69. The molecule has 0 aromatic carbocycles. The van der Waals surface area contributed by atoms with Crippen LogP contribution >= 0.6 is 0 Å². The van der Waals surface area contributed by atoms with Gasteiger partial charge in [0.05, 0.1) is 18.6 Å². The third kappa shape index (κ3) is 1.66. The van der Waals surface area contributed by atoms with Crippen LogP contribution in [0.5, 0.6) is 0 Å². The Labute approximate surface area is 147 Å². The first-order valence-corrected chi connectivity index (χ1v) is 9.74. The van der Waals surface area contributed by atoms with Gasteiger partial charge in [0, 0.05) is 11.8 Å². The summed E-state index contributed by atoms with van der Waals surface area (Å²) in [7, 11) is 0. The molecule has 0 amide bonds. The number of hydrogen-bond acceptors (Lipinski definition) is 2. The molecule has 1 aliphatic heterocycles. The third-order valence-electron chi connectivity index (χ3n) is 8.85. The van der Waals surface area contributed by atoms with Crippen molar-refractivity contribution in [2.45, 2.75) is 78.4 Å². The summed E-state index contributed by atoms with van der Waals surface area (Å²) in [5.74, 6) is 2.84. The zero-order valence-electron chi connectivity index (χ0n) is 15.8. The Hall–Kier alpha value is -0.780. The van der Waals surface area contributed by atoms with E-state index in [0.29, 0.717) is 0 Å². The molecule has 0 aromatic rings. The van der Waals surface area contributed by atoms with Crippen LogP contribution in [0.15, 0.2) is 11.6 Å². The normalized spacial score (nSPS) is 45.9. The van der Waals surface area contributed by atoms with Crippen molar-refractivity contribution >= 4 is 0 Å². The van der Waals surface area contributed by atoms with E-state index in [9.17, 15) is 0 Å². The summed E-state index contributed by atoms with van der Waals surface area (Å²) in [4.78, 5) is 0. The molecule has 24 heavy (non-hydrogen) atoms. The van der Waals surface area contributed by atoms with Gasteiger partial charge in [0.25, 0.3) is 0 Å². The topological polar surface area (TPSA) is 18.5 Å². The first-order chi connectivity index (χ1) is 11.3. The van der Waals surface area contributed by atoms with Gasteiger partial charge in [0.2, 0.25) is 0 Å². The predicted molar refractivity (Wildman–Crippen MR) is 96.3 cm³/mol. The Bertz CT molecular complexity index is 618. The van der Waals surface area contributed by atoms with Gasteiger partial charge in [0.1, 0.15) is 0 Å². The van der Waals surface area contributed by atoms with Crippen LogP contribution in [0.25, 0.3) is 0 Å². The minimum absolute atomic E-state index is 0.00445. The second-order valence-electron chi connectivity index (χ2n) is 9.48. The van der Waals surface area contributed by atoms with Gasteiger partial charge in [-0.3, -0.25) is 0 Å². The van der Waals surface area contributed by atoms with Crippen LogP contribution in [-0.4, -0.2) is 19.0 Å². The number of fused-ring (bicyclic) bond motifs is 3. The number of terminal acetylenes is 1. The molecule has 0 N–H and O–H groups in total. The van der Waals surface area contributed by atoms with E-state index >= 15 is 0 Å². The van der Waals surface area contributed by atoms with Crippen LogP contribution in [0.1, 0.15) is 72.6 Å². The summed E-state index contributed by atoms with van der Waals surface area (Å²) < 4.78 is 12.5. The zero-order valence-corrected chi connectivity index (χ0v) is 15.8. The van der Waals surface area contributed by atoms with Crippen molar-refractivity contribution in [2.75, 3.05) is 13.2 Å². The van der Waals surface area contributed by atoms with E-state index in [1.54, 1.807) is 5.57 Å². The van der Waals surface area contributed by atoms with Crippen molar-refractivity contribution in [3.63, 3.8) is 0 Å².